The van der Waals surface area contributed by atoms with E-state index in [9.17, 15) is 22.8 Å². The minimum Gasteiger partial charge on any atom is -0.459 e. The molecular weight excluding hydrogens is 434 g/mol. The second kappa shape index (κ2) is 8.78. The first-order valence-corrected chi connectivity index (χ1v) is 12.5. The molecule has 0 spiro atoms. The van der Waals surface area contributed by atoms with Gasteiger partial charge in [0.2, 0.25) is 5.91 Å². The maximum Gasteiger partial charge on any atom is 0.289 e. The summed E-state index contributed by atoms with van der Waals surface area (Å²) in [7, 11) is -3.32. The number of fused-ring (bicyclic) bond motifs is 1. The summed E-state index contributed by atoms with van der Waals surface area (Å²) in [5, 5.41) is 0. The van der Waals surface area contributed by atoms with Gasteiger partial charge in [-0.3, -0.25) is 14.4 Å². The number of hydrogen-bond acceptors (Lipinski definition) is 6. The monoisotopic (exact) mass is 459 g/mol. The fourth-order valence-electron chi connectivity index (χ4n) is 4.16. The molecule has 170 valence electrons. The molecule has 0 aliphatic carbocycles. The Kier molecular flexibility index (Phi) is 6.05. The summed E-state index contributed by atoms with van der Waals surface area (Å²) in [5.41, 5.74) is 1.36. The van der Waals surface area contributed by atoms with E-state index in [0.29, 0.717) is 31.7 Å². The van der Waals surface area contributed by atoms with E-state index in [1.807, 2.05) is 12.1 Å². The van der Waals surface area contributed by atoms with Crippen molar-refractivity contribution in [2.45, 2.75) is 19.0 Å². The third-order valence-electron chi connectivity index (χ3n) is 5.88. The molecule has 3 heterocycles. The Balaban J connectivity index is 1.47. The van der Waals surface area contributed by atoms with Crippen LogP contribution in [0.5, 0.6) is 0 Å². The molecule has 1 atom stereocenters. The van der Waals surface area contributed by atoms with Crippen LogP contribution in [0.25, 0.3) is 0 Å². The quantitative estimate of drug-likeness (QED) is 0.638. The highest BCUT2D eigenvalue weighted by atomic mass is 32.2. The largest absolute Gasteiger partial charge is 0.459 e. The summed E-state index contributed by atoms with van der Waals surface area (Å²) in [4.78, 5) is 43.5. The third-order valence-corrected chi connectivity index (χ3v) is 6.86. The zero-order valence-corrected chi connectivity index (χ0v) is 18.6. The molecule has 10 heteroatoms. The summed E-state index contributed by atoms with van der Waals surface area (Å²) in [6.45, 7) is 1.54. The minimum absolute atomic E-state index is 0.0307. The van der Waals surface area contributed by atoms with Crippen LogP contribution in [0.15, 0.2) is 47.1 Å². The number of furan rings is 1. The number of hydrogen-bond donors (Lipinski definition) is 0. The van der Waals surface area contributed by atoms with Crippen LogP contribution in [-0.2, 0) is 21.2 Å². The first-order chi connectivity index (χ1) is 15.2. The lowest BCUT2D eigenvalue weighted by molar-refractivity contribution is -0.137. The van der Waals surface area contributed by atoms with Crippen molar-refractivity contribution < 1.29 is 27.2 Å². The lowest BCUT2D eigenvalue weighted by Gasteiger charge is -2.38. The van der Waals surface area contributed by atoms with Crippen molar-refractivity contribution in [3.05, 3.63) is 59.5 Å². The number of rotatable bonds is 6. The molecule has 32 heavy (non-hydrogen) atoms. The van der Waals surface area contributed by atoms with Crippen LogP contribution in [0.1, 0.15) is 32.9 Å². The van der Waals surface area contributed by atoms with Crippen molar-refractivity contribution in [2.24, 2.45) is 0 Å². The molecule has 1 unspecified atom stereocenters. The molecule has 4 rings (SSSR count). The highest BCUT2D eigenvalue weighted by molar-refractivity contribution is 7.90. The van der Waals surface area contributed by atoms with E-state index in [2.05, 4.69) is 0 Å². The fraction of sp³-hybridized carbons (Fsp3) is 0.409. The van der Waals surface area contributed by atoms with Gasteiger partial charge in [0.05, 0.1) is 12.0 Å². The number of benzene rings is 1. The van der Waals surface area contributed by atoms with Crippen LogP contribution < -0.4 is 0 Å². The van der Waals surface area contributed by atoms with E-state index in [1.54, 1.807) is 34.1 Å². The molecule has 3 amide bonds. The number of carbonyl (C=O) groups is 3. The average Bonchev–Trinajstić information content (AvgIpc) is 3.42. The van der Waals surface area contributed by atoms with Gasteiger partial charge in [-0.2, -0.15) is 0 Å². The molecule has 1 aromatic heterocycles. The van der Waals surface area contributed by atoms with Gasteiger partial charge in [0.15, 0.2) is 5.76 Å². The Morgan fingerprint density at radius 2 is 1.72 bits per heavy atom. The lowest BCUT2D eigenvalue weighted by atomic mass is 10.1. The molecule has 1 fully saturated rings. The van der Waals surface area contributed by atoms with Gasteiger partial charge in [0, 0.05) is 44.5 Å². The zero-order valence-electron chi connectivity index (χ0n) is 17.8. The molecule has 0 bridgehead atoms. The van der Waals surface area contributed by atoms with E-state index in [-0.39, 0.29) is 42.2 Å². The highest BCUT2D eigenvalue weighted by Crippen LogP contribution is 2.27. The van der Waals surface area contributed by atoms with Crippen molar-refractivity contribution in [1.82, 2.24) is 14.7 Å². The SMILES string of the molecule is CS(=O)(=O)CCC(C(=O)N1CCN(C(=O)c2ccco2)CC1)N1Cc2ccccc2C1=O. The number of carbonyl (C=O) groups excluding carboxylic acids is 3. The summed E-state index contributed by atoms with van der Waals surface area (Å²) >= 11 is 0. The van der Waals surface area contributed by atoms with Gasteiger partial charge < -0.3 is 19.1 Å². The Morgan fingerprint density at radius 3 is 2.34 bits per heavy atom. The first-order valence-electron chi connectivity index (χ1n) is 10.4. The molecule has 0 saturated carbocycles. The van der Waals surface area contributed by atoms with Gasteiger partial charge in [-0.25, -0.2) is 8.42 Å². The summed E-state index contributed by atoms with van der Waals surface area (Å²) in [5.74, 6) is -0.739. The Hall–Kier alpha value is -3.14. The normalized spacial score (nSPS) is 17.4. The second-order valence-corrected chi connectivity index (χ2v) is 10.4. The van der Waals surface area contributed by atoms with Gasteiger partial charge in [-0.15, -0.1) is 0 Å². The maximum atomic E-state index is 13.4. The molecule has 2 aliphatic rings. The lowest BCUT2D eigenvalue weighted by Crippen LogP contribution is -2.56. The molecule has 1 aromatic carbocycles. The highest BCUT2D eigenvalue weighted by Gasteiger charge is 2.39. The Morgan fingerprint density at radius 1 is 1.03 bits per heavy atom. The van der Waals surface area contributed by atoms with E-state index < -0.39 is 15.9 Å². The third kappa shape index (κ3) is 4.55. The molecule has 9 nitrogen and oxygen atoms in total. The van der Waals surface area contributed by atoms with Crippen LogP contribution >= 0.6 is 0 Å². The Bertz CT molecular complexity index is 1120. The summed E-state index contributed by atoms with van der Waals surface area (Å²) < 4.78 is 28.8. The number of amides is 3. The zero-order chi connectivity index (χ0) is 22.9. The van der Waals surface area contributed by atoms with Gasteiger partial charge in [-0.1, -0.05) is 18.2 Å². The molecule has 1 saturated heterocycles. The summed E-state index contributed by atoms with van der Waals surface area (Å²) in [6.07, 6.45) is 2.58. The topological polar surface area (TPSA) is 108 Å². The van der Waals surface area contributed by atoms with E-state index in [0.717, 1.165) is 11.8 Å². The Labute approximate surface area is 186 Å². The van der Waals surface area contributed by atoms with Crippen LogP contribution in [-0.4, -0.2) is 85.1 Å². The van der Waals surface area contributed by atoms with Gasteiger partial charge in [0.25, 0.3) is 11.8 Å². The van der Waals surface area contributed by atoms with Gasteiger partial charge in [0.1, 0.15) is 15.9 Å². The standard InChI is InChI=1S/C22H25N3O6S/c1-32(29,30)14-8-18(25-15-16-5-2-3-6-17(16)20(25)26)21(27)23-9-11-24(12-10-23)22(28)19-7-4-13-31-19/h2-7,13,18H,8-12,14-15H2,1H3. The van der Waals surface area contributed by atoms with E-state index in [1.165, 1.54) is 11.2 Å². The number of piperazine rings is 1. The number of sulfone groups is 1. The van der Waals surface area contributed by atoms with Crippen molar-refractivity contribution in [3.8, 4) is 0 Å². The first kappa shape index (κ1) is 22.1. The molecule has 2 aromatic rings. The van der Waals surface area contributed by atoms with E-state index >= 15 is 0 Å². The van der Waals surface area contributed by atoms with Crippen LogP contribution in [0, 0.1) is 0 Å². The molecule has 0 N–H and O–H groups in total. The minimum atomic E-state index is -3.32. The van der Waals surface area contributed by atoms with Crippen LogP contribution in [0.4, 0.5) is 0 Å². The molecule has 2 aliphatic heterocycles. The van der Waals surface area contributed by atoms with Crippen molar-refractivity contribution in [2.75, 3.05) is 38.2 Å². The van der Waals surface area contributed by atoms with E-state index in [4.69, 9.17) is 4.42 Å². The van der Waals surface area contributed by atoms with Crippen molar-refractivity contribution >= 4 is 27.6 Å². The average molecular weight is 460 g/mol. The smallest absolute Gasteiger partial charge is 0.289 e. The number of nitrogens with zero attached hydrogens (tertiary/aromatic N) is 3. The van der Waals surface area contributed by atoms with Gasteiger partial charge >= 0.3 is 0 Å². The molecular formula is C22H25N3O6S. The van der Waals surface area contributed by atoms with Crippen LogP contribution in [0.2, 0.25) is 0 Å². The van der Waals surface area contributed by atoms with Crippen molar-refractivity contribution in [3.63, 3.8) is 0 Å². The fourth-order valence-corrected chi connectivity index (χ4v) is 4.82. The molecule has 0 radical (unpaired) electrons. The second-order valence-electron chi connectivity index (χ2n) is 8.12. The predicted octanol–water partition coefficient (Wildman–Crippen LogP) is 1.02. The van der Waals surface area contributed by atoms with Crippen LogP contribution in [0.3, 0.4) is 0 Å². The van der Waals surface area contributed by atoms with Crippen molar-refractivity contribution in [1.29, 1.82) is 0 Å². The predicted molar refractivity (Wildman–Crippen MR) is 116 cm³/mol. The van der Waals surface area contributed by atoms with Gasteiger partial charge in [-0.05, 0) is 30.2 Å². The summed E-state index contributed by atoms with van der Waals surface area (Å²) in [6, 6.07) is 9.51. The maximum absolute atomic E-state index is 13.4.